The van der Waals surface area contributed by atoms with E-state index < -0.39 is 27.0 Å². The molecule has 1 aliphatic heterocycles. The smallest absolute Gasteiger partial charge is 0.305 e. The first-order valence-corrected chi connectivity index (χ1v) is 11.8. The molecule has 1 N–H and O–H groups in total. The van der Waals surface area contributed by atoms with E-state index in [1.165, 1.54) is 11.3 Å². The number of rotatable bonds is 4. The Bertz CT molecular complexity index is 1250. The first-order chi connectivity index (χ1) is 13.8. The monoisotopic (exact) mass is 425 g/mol. The van der Waals surface area contributed by atoms with Crippen LogP contribution >= 0.6 is 11.3 Å². The summed E-state index contributed by atoms with van der Waals surface area (Å²) in [5.74, 6) is -1.06. The van der Waals surface area contributed by atoms with E-state index >= 15 is 0 Å². The summed E-state index contributed by atoms with van der Waals surface area (Å²) in [7, 11) is -3.55. The number of hydrogen-bond acceptors (Lipinski definition) is 5. The predicted molar refractivity (Wildman–Crippen MR) is 114 cm³/mol. The summed E-state index contributed by atoms with van der Waals surface area (Å²) in [6.07, 6.45) is 1.23. The third kappa shape index (κ3) is 3.43. The van der Waals surface area contributed by atoms with Crippen LogP contribution < -0.4 is 0 Å². The molecule has 1 aromatic heterocycles. The number of carboxylic acid groups (broad SMARTS) is 1. The van der Waals surface area contributed by atoms with Gasteiger partial charge in [-0.25, -0.2) is 8.42 Å². The summed E-state index contributed by atoms with van der Waals surface area (Å²) in [4.78, 5) is 13.0. The highest BCUT2D eigenvalue weighted by molar-refractivity contribution is 7.92. The predicted octanol–water partition coefficient (Wildman–Crippen LogP) is 4.71. The molecule has 1 saturated heterocycles. The third-order valence-corrected chi connectivity index (χ3v) is 9.64. The van der Waals surface area contributed by atoms with Gasteiger partial charge in [0.05, 0.1) is 23.8 Å². The highest BCUT2D eigenvalue weighted by Gasteiger charge is 2.49. The quantitative estimate of drug-likeness (QED) is 0.653. The highest BCUT2D eigenvalue weighted by atomic mass is 32.2. The van der Waals surface area contributed by atoms with E-state index in [1.54, 1.807) is 12.1 Å². The van der Waals surface area contributed by atoms with Gasteiger partial charge < -0.3 is 5.11 Å². The van der Waals surface area contributed by atoms with Crippen LogP contribution in [0.3, 0.4) is 0 Å². The van der Waals surface area contributed by atoms with Gasteiger partial charge in [0.2, 0.25) is 0 Å². The van der Waals surface area contributed by atoms with E-state index in [1.807, 2.05) is 36.4 Å². The molecule has 0 spiro atoms. The highest BCUT2D eigenvalue weighted by Crippen LogP contribution is 2.47. The summed E-state index contributed by atoms with van der Waals surface area (Å²) in [6, 6.07) is 17.2. The Labute approximate surface area is 173 Å². The molecule has 7 heteroatoms. The Morgan fingerprint density at radius 3 is 2.59 bits per heavy atom. The fourth-order valence-corrected chi connectivity index (χ4v) is 7.83. The van der Waals surface area contributed by atoms with E-state index in [4.69, 9.17) is 5.26 Å². The van der Waals surface area contributed by atoms with Crippen LogP contribution in [0.25, 0.3) is 21.2 Å². The maximum atomic E-state index is 12.9. The molecule has 4 rings (SSSR count). The molecule has 2 heterocycles. The third-order valence-electron chi connectivity index (χ3n) is 5.58. The molecular formula is C22H19NO4S2. The maximum Gasteiger partial charge on any atom is 0.305 e. The lowest BCUT2D eigenvalue weighted by atomic mass is 9.95. The molecule has 5 nitrogen and oxygen atoms in total. The average Bonchev–Trinajstić information content (AvgIpc) is 3.19. The van der Waals surface area contributed by atoms with Gasteiger partial charge in [-0.2, -0.15) is 5.26 Å². The van der Waals surface area contributed by atoms with Gasteiger partial charge in [0, 0.05) is 9.75 Å². The summed E-state index contributed by atoms with van der Waals surface area (Å²) < 4.78 is 24.5. The van der Waals surface area contributed by atoms with Crippen molar-refractivity contribution in [2.24, 2.45) is 0 Å². The van der Waals surface area contributed by atoms with Crippen LogP contribution in [0.2, 0.25) is 0 Å². The van der Waals surface area contributed by atoms with Crippen molar-refractivity contribution < 1.29 is 18.3 Å². The minimum atomic E-state index is -3.55. The van der Waals surface area contributed by atoms with Crippen LogP contribution in [0.15, 0.2) is 48.5 Å². The molecule has 29 heavy (non-hydrogen) atoms. The first-order valence-electron chi connectivity index (χ1n) is 9.33. The van der Waals surface area contributed by atoms with Gasteiger partial charge in [-0.3, -0.25) is 4.79 Å². The summed E-state index contributed by atoms with van der Waals surface area (Å²) in [5.41, 5.74) is 1.54. The number of carboxylic acids is 1. The summed E-state index contributed by atoms with van der Waals surface area (Å²) >= 11 is 1.36. The number of nitrogens with zero attached hydrogens (tertiary/aromatic N) is 1. The Balaban J connectivity index is 1.78. The van der Waals surface area contributed by atoms with E-state index in [-0.39, 0.29) is 5.75 Å². The Morgan fingerprint density at radius 1 is 1.10 bits per heavy atom. The number of nitriles is 1. The average molecular weight is 426 g/mol. The van der Waals surface area contributed by atoms with Gasteiger partial charge in [0.25, 0.3) is 0 Å². The standard InChI is InChI=1S/C22H19NO4S2/c23-14-15-3-4-17-12-18(6-5-16(17)11-15)19-7-8-20(28-19)22(13-21(24)25)9-1-2-10-29(22,26)27/h3-8,11-12H,1-2,9-10,13H2,(H,24,25). The van der Waals surface area contributed by atoms with Gasteiger partial charge in [-0.1, -0.05) is 24.6 Å². The molecule has 3 aromatic rings. The Hall–Kier alpha value is -2.69. The van der Waals surface area contributed by atoms with Crippen LogP contribution in [0, 0.1) is 11.3 Å². The van der Waals surface area contributed by atoms with Gasteiger partial charge in [0.15, 0.2) is 9.84 Å². The number of carbonyl (C=O) groups is 1. The molecule has 0 amide bonds. The molecule has 1 aliphatic rings. The number of benzene rings is 2. The van der Waals surface area contributed by atoms with Crippen LogP contribution in [0.5, 0.6) is 0 Å². The topological polar surface area (TPSA) is 95.2 Å². The van der Waals surface area contributed by atoms with Gasteiger partial charge >= 0.3 is 5.97 Å². The largest absolute Gasteiger partial charge is 0.481 e. The lowest BCUT2D eigenvalue weighted by molar-refractivity contribution is -0.137. The maximum absolute atomic E-state index is 12.9. The number of fused-ring (bicyclic) bond motifs is 1. The lowest BCUT2D eigenvalue weighted by Crippen LogP contribution is -2.41. The molecular weight excluding hydrogens is 406 g/mol. The van der Waals surface area contributed by atoms with Gasteiger partial charge in [0.1, 0.15) is 4.75 Å². The minimum Gasteiger partial charge on any atom is -0.481 e. The van der Waals surface area contributed by atoms with Crippen molar-refractivity contribution in [1.29, 1.82) is 5.26 Å². The second-order valence-corrected chi connectivity index (χ2v) is 10.9. The van der Waals surface area contributed by atoms with E-state index in [0.717, 1.165) is 21.2 Å². The number of aliphatic carboxylic acids is 1. The van der Waals surface area contributed by atoms with Crippen LogP contribution in [-0.4, -0.2) is 25.2 Å². The van der Waals surface area contributed by atoms with Crippen molar-refractivity contribution in [2.75, 3.05) is 5.75 Å². The number of sulfone groups is 1. The van der Waals surface area contributed by atoms with Crippen LogP contribution in [0.4, 0.5) is 0 Å². The Morgan fingerprint density at radius 2 is 1.86 bits per heavy atom. The second kappa shape index (κ2) is 7.29. The van der Waals surface area contributed by atoms with Crippen LogP contribution in [-0.2, 0) is 19.4 Å². The van der Waals surface area contributed by atoms with Crippen LogP contribution in [0.1, 0.15) is 36.1 Å². The van der Waals surface area contributed by atoms with Gasteiger partial charge in [-0.05, 0) is 59.5 Å². The Kier molecular flexibility index (Phi) is 4.93. The van der Waals surface area contributed by atoms with E-state index in [2.05, 4.69) is 6.07 Å². The molecule has 0 radical (unpaired) electrons. The minimum absolute atomic E-state index is 0.0325. The molecule has 0 saturated carbocycles. The van der Waals surface area contributed by atoms with E-state index in [0.29, 0.717) is 29.7 Å². The van der Waals surface area contributed by atoms with Crippen molar-refractivity contribution in [3.05, 3.63) is 59.0 Å². The molecule has 1 fully saturated rings. The zero-order valence-corrected chi connectivity index (χ0v) is 17.2. The zero-order chi connectivity index (χ0) is 20.6. The molecule has 148 valence electrons. The van der Waals surface area contributed by atoms with Gasteiger partial charge in [-0.15, -0.1) is 11.3 Å². The lowest BCUT2D eigenvalue weighted by Gasteiger charge is -2.34. The van der Waals surface area contributed by atoms with Crippen molar-refractivity contribution in [2.45, 2.75) is 30.4 Å². The zero-order valence-electron chi connectivity index (χ0n) is 15.6. The number of hydrogen-bond donors (Lipinski definition) is 1. The summed E-state index contributed by atoms with van der Waals surface area (Å²) in [5, 5.41) is 20.4. The number of thiophene rings is 1. The molecule has 0 bridgehead atoms. The molecule has 1 unspecified atom stereocenters. The summed E-state index contributed by atoms with van der Waals surface area (Å²) in [6.45, 7) is 0. The molecule has 2 aromatic carbocycles. The van der Waals surface area contributed by atoms with Crippen molar-refractivity contribution in [1.82, 2.24) is 0 Å². The van der Waals surface area contributed by atoms with Crippen molar-refractivity contribution >= 4 is 37.9 Å². The normalized spacial score (nSPS) is 20.9. The van der Waals surface area contributed by atoms with Crippen molar-refractivity contribution in [3.8, 4) is 16.5 Å². The van der Waals surface area contributed by atoms with E-state index in [9.17, 15) is 18.3 Å². The molecule has 1 atom stereocenters. The fraction of sp³-hybridized carbons (Fsp3) is 0.273. The fourth-order valence-electron chi connectivity index (χ4n) is 4.07. The first kappa shape index (κ1) is 19.6. The van der Waals surface area contributed by atoms with Crippen molar-refractivity contribution in [3.63, 3.8) is 0 Å². The molecule has 0 aliphatic carbocycles. The SMILES string of the molecule is N#Cc1ccc2cc(-c3ccc(C4(CC(=O)O)CCCCS4(=O)=O)s3)ccc2c1. The second-order valence-electron chi connectivity index (χ2n) is 7.39.